The maximum Gasteiger partial charge on any atom is 0.326 e. The molecule has 1 saturated heterocycles. The lowest BCUT2D eigenvalue weighted by molar-refractivity contribution is -0.142. The monoisotopic (exact) mass is 260 g/mol. The summed E-state index contributed by atoms with van der Waals surface area (Å²) in [5.74, 6) is -1.62. The van der Waals surface area contributed by atoms with Crippen molar-refractivity contribution >= 4 is 18.0 Å². The first-order valence-corrected chi connectivity index (χ1v) is 5.48. The van der Waals surface area contributed by atoms with E-state index in [2.05, 4.69) is 10.1 Å². The molecular formula is C10H16N2O6. The number of aliphatic carboxylic acids is 1. The van der Waals surface area contributed by atoms with Gasteiger partial charge in [-0.3, -0.25) is 4.79 Å². The zero-order valence-corrected chi connectivity index (χ0v) is 9.96. The second-order valence-corrected chi connectivity index (χ2v) is 3.95. The van der Waals surface area contributed by atoms with E-state index >= 15 is 0 Å². The Morgan fingerprint density at radius 1 is 1.44 bits per heavy atom. The van der Waals surface area contributed by atoms with Crippen molar-refractivity contribution in [1.82, 2.24) is 10.2 Å². The third-order valence-corrected chi connectivity index (χ3v) is 2.66. The van der Waals surface area contributed by atoms with Gasteiger partial charge in [0.2, 0.25) is 0 Å². The maximum atomic E-state index is 11.7. The smallest absolute Gasteiger partial charge is 0.326 e. The predicted octanol–water partition coefficient (Wildman–Crippen LogP) is -1.22. The summed E-state index contributed by atoms with van der Waals surface area (Å²) in [5.41, 5.74) is 0. The molecule has 18 heavy (non-hydrogen) atoms. The number of β-amino-alcohol motifs (C(OH)–C–C–N with tert-alkyl or cyclic N) is 1. The number of nitrogens with one attached hydrogen (secondary N) is 1. The number of aliphatic hydroxyl groups excluding tert-OH is 1. The molecule has 102 valence electrons. The minimum Gasteiger partial charge on any atom is -0.480 e. The Morgan fingerprint density at radius 3 is 2.67 bits per heavy atom. The lowest BCUT2D eigenvalue weighted by Crippen LogP contribution is -2.46. The summed E-state index contributed by atoms with van der Waals surface area (Å²) in [7, 11) is 1.24. The fraction of sp³-hybridized carbons (Fsp3) is 0.700. The molecule has 0 saturated carbocycles. The zero-order chi connectivity index (χ0) is 13.7. The molecule has 1 fully saturated rings. The van der Waals surface area contributed by atoms with Crippen LogP contribution in [0.4, 0.5) is 4.79 Å². The molecule has 3 N–H and O–H groups in total. The molecule has 8 heteroatoms. The molecule has 0 aromatic rings. The number of likely N-dealkylation sites (tertiary alicyclic amines) is 1. The van der Waals surface area contributed by atoms with Crippen LogP contribution in [-0.2, 0) is 14.3 Å². The second kappa shape index (κ2) is 6.20. The summed E-state index contributed by atoms with van der Waals surface area (Å²) in [6, 6.07) is -1.64. The van der Waals surface area contributed by atoms with Crippen molar-refractivity contribution in [3.63, 3.8) is 0 Å². The SMILES string of the molecule is COC(=O)CCNC(=O)N1CC(O)CC1C(=O)O. The largest absolute Gasteiger partial charge is 0.480 e. The Morgan fingerprint density at radius 2 is 2.11 bits per heavy atom. The van der Waals surface area contributed by atoms with Gasteiger partial charge in [0.25, 0.3) is 0 Å². The normalized spacial score (nSPS) is 22.7. The zero-order valence-electron chi connectivity index (χ0n) is 9.96. The molecule has 0 aliphatic carbocycles. The van der Waals surface area contributed by atoms with Crippen molar-refractivity contribution in [3.8, 4) is 0 Å². The standard InChI is InChI=1S/C10H16N2O6/c1-18-8(14)2-3-11-10(17)12-5-6(13)4-7(12)9(15)16/h6-7,13H,2-5H2,1H3,(H,11,17)(H,15,16). The highest BCUT2D eigenvalue weighted by Crippen LogP contribution is 2.17. The number of ether oxygens (including phenoxy) is 1. The van der Waals surface area contributed by atoms with Gasteiger partial charge in [-0.05, 0) is 0 Å². The van der Waals surface area contributed by atoms with Crippen molar-refractivity contribution in [2.75, 3.05) is 20.2 Å². The van der Waals surface area contributed by atoms with Gasteiger partial charge in [0.15, 0.2) is 0 Å². The average Bonchev–Trinajstić information content (AvgIpc) is 2.71. The van der Waals surface area contributed by atoms with Gasteiger partial charge in [-0.2, -0.15) is 0 Å². The first-order valence-electron chi connectivity index (χ1n) is 5.48. The van der Waals surface area contributed by atoms with Crippen molar-refractivity contribution in [1.29, 1.82) is 0 Å². The topological polar surface area (TPSA) is 116 Å². The molecule has 8 nitrogen and oxygen atoms in total. The number of rotatable bonds is 4. The Hall–Kier alpha value is -1.83. The molecule has 0 radical (unpaired) electrons. The van der Waals surface area contributed by atoms with Crippen LogP contribution in [0.25, 0.3) is 0 Å². The van der Waals surface area contributed by atoms with Gasteiger partial charge in [0.1, 0.15) is 6.04 Å². The molecule has 0 spiro atoms. The molecule has 2 unspecified atom stereocenters. The number of carbonyl (C=O) groups excluding carboxylic acids is 2. The highest BCUT2D eigenvalue weighted by molar-refractivity contribution is 5.83. The minimum absolute atomic E-state index is 0.0103. The van der Waals surface area contributed by atoms with E-state index in [1.807, 2.05) is 0 Å². The Bertz CT molecular complexity index is 345. The van der Waals surface area contributed by atoms with E-state index < -0.39 is 30.1 Å². The van der Waals surface area contributed by atoms with Crippen LogP contribution < -0.4 is 5.32 Å². The molecule has 1 rings (SSSR count). The van der Waals surface area contributed by atoms with Crippen LogP contribution in [0.2, 0.25) is 0 Å². The number of carbonyl (C=O) groups is 3. The van der Waals surface area contributed by atoms with Crippen molar-refractivity contribution < 1.29 is 29.3 Å². The van der Waals surface area contributed by atoms with Gasteiger partial charge < -0.3 is 25.2 Å². The lowest BCUT2D eigenvalue weighted by atomic mass is 10.2. The van der Waals surface area contributed by atoms with Crippen LogP contribution in [0.1, 0.15) is 12.8 Å². The fourth-order valence-corrected chi connectivity index (χ4v) is 1.75. The fourth-order valence-electron chi connectivity index (χ4n) is 1.75. The van der Waals surface area contributed by atoms with E-state index in [1.54, 1.807) is 0 Å². The van der Waals surface area contributed by atoms with Crippen LogP contribution in [0.3, 0.4) is 0 Å². The number of amides is 2. The van der Waals surface area contributed by atoms with Crippen LogP contribution in [0.15, 0.2) is 0 Å². The average molecular weight is 260 g/mol. The summed E-state index contributed by atoms with van der Waals surface area (Å²) in [6.45, 7) is 0.0332. The van der Waals surface area contributed by atoms with Gasteiger partial charge in [0, 0.05) is 19.5 Å². The molecule has 0 aromatic heterocycles. The van der Waals surface area contributed by atoms with E-state index in [1.165, 1.54) is 7.11 Å². The maximum absolute atomic E-state index is 11.7. The van der Waals surface area contributed by atoms with Gasteiger partial charge in [0.05, 0.1) is 19.6 Å². The third-order valence-electron chi connectivity index (χ3n) is 2.66. The number of aliphatic hydroxyl groups is 1. The number of esters is 1. The van der Waals surface area contributed by atoms with Crippen LogP contribution in [-0.4, -0.2) is 65.4 Å². The number of hydrogen-bond acceptors (Lipinski definition) is 5. The van der Waals surface area contributed by atoms with E-state index in [4.69, 9.17) is 5.11 Å². The summed E-state index contributed by atoms with van der Waals surface area (Å²) < 4.78 is 4.40. The quantitative estimate of drug-likeness (QED) is 0.545. The Kier molecular flexibility index (Phi) is 4.90. The molecule has 1 aliphatic rings. The molecule has 0 bridgehead atoms. The number of carboxylic acids is 1. The number of methoxy groups -OCH3 is 1. The van der Waals surface area contributed by atoms with Crippen LogP contribution in [0.5, 0.6) is 0 Å². The Labute approximate surface area is 104 Å². The van der Waals surface area contributed by atoms with E-state index in [-0.39, 0.29) is 25.9 Å². The molecule has 2 amide bonds. The first-order chi connectivity index (χ1) is 8.45. The number of hydrogen-bond donors (Lipinski definition) is 3. The molecule has 1 aliphatic heterocycles. The van der Waals surface area contributed by atoms with Gasteiger partial charge in [-0.1, -0.05) is 0 Å². The van der Waals surface area contributed by atoms with Gasteiger partial charge in [-0.15, -0.1) is 0 Å². The van der Waals surface area contributed by atoms with E-state index in [0.717, 1.165) is 4.90 Å². The molecule has 2 atom stereocenters. The van der Waals surface area contributed by atoms with Gasteiger partial charge in [-0.25, -0.2) is 9.59 Å². The van der Waals surface area contributed by atoms with Gasteiger partial charge >= 0.3 is 18.0 Å². The van der Waals surface area contributed by atoms with E-state index in [9.17, 15) is 19.5 Å². The summed E-state index contributed by atoms with van der Waals surface area (Å²) in [4.78, 5) is 34.4. The van der Waals surface area contributed by atoms with E-state index in [0.29, 0.717) is 0 Å². The highest BCUT2D eigenvalue weighted by Gasteiger charge is 2.38. The minimum atomic E-state index is -1.16. The highest BCUT2D eigenvalue weighted by atomic mass is 16.5. The molecule has 0 aromatic carbocycles. The number of nitrogens with zero attached hydrogens (tertiary/aromatic N) is 1. The summed E-state index contributed by atoms with van der Waals surface area (Å²) >= 11 is 0. The molecular weight excluding hydrogens is 244 g/mol. The van der Waals surface area contributed by atoms with Crippen molar-refractivity contribution in [3.05, 3.63) is 0 Å². The second-order valence-electron chi connectivity index (χ2n) is 3.95. The summed E-state index contributed by atoms with van der Waals surface area (Å²) in [5, 5.41) is 20.7. The lowest BCUT2D eigenvalue weighted by Gasteiger charge is -2.21. The predicted molar refractivity (Wildman–Crippen MR) is 58.8 cm³/mol. The first kappa shape index (κ1) is 14.2. The van der Waals surface area contributed by atoms with Crippen molar-refractivity contribution in [2.24, 2.45) is 0 Å². The number of urea groups is 1. The third kappa shape index (κ3) is 3.59. The molecule has 1 heterocycles. The summed E-state index contributed by atoms with van der Waals surface area (Å²) in [6.07, 6.45) is -0.812. The van der Waals surface area contributed by atoms with Crippen LogP contribution >= 0.6 is 0 Å². The van der Waals surface area contributed by atoms with Crippen LogP contribution in [0, 0.1) is 0 Å². The number of carboxylic acid groups (broad SMARTS) is 1. The van der Waals surface area contributed by atoms with Crippen molar-refractivity contribution in [2.45, 2.75) is 25.0 Å². The Balaban J connectivity index is 2.45.